The Kier molecular flexibility index (Phi) is 4.99. The first-order valence-corrected chi connectivity index (χ1v) is 7.55. The van der Waals surface area contributed by atoms with Gasteiger partial charge in [-0.15, -0.1) is 0 Å². The van der Waals surface area contributed by atoms with Crippen molar-refractivity contribution >= 4 is 11.6 Å². The maximum atomic E-state index is 12.4. The standard InChI is InChI=1S/C16H25N3O/c1-11-5-4-6-13(8-7-11)19-16(20)14-10-18-12(2)9-15(14)17-3/h9-11,13H,4-8H2,1-3H3,(H,17,18)(H,19,20). The molecule has 110 valence electrons. The van der Waals surface area contributed by atoms with Crippen LogP contribution in [-0.2, 0) is 0 Å². The zero-order valence-corrected chi connectivity index (χ0v) is 12.7. The highest BCUT2D eigenvalue weighted by atomic mass is 16.1. The van der Waals surface area contributed by atoms with Gasteiger partial charge in [-0.2, -0.15) is 0 Å². The Morgan fingerprint density at radius 1 is 1.30 bits per heavy atom. The van der Waals surface area contributed by atoms with E-state index in [9.17, 15) is 4.79 Å². The van der Waals surface area contributed by atoms with Gasteiger partial charge in [-0.25, -0.2) is 0 Å². The number of rotatable bonds is 3. The Morgan fingerprint density at radius 3 is 2.85 bits per heavy atom. The third-order valence-electron chi connectivity index (χ3n) is 4.15. The minimum absolute atomic E-state index is 0.0126. The largest absolute Gasteiger partial charge is 0.387 e. The number of carbonyl (C=O) groups excluding carboxylic acids is 1. The van der Waals surface area contributed by atoms with Gasteiger partial charge in [0.15, 0.2) is 0 Å². The van der Waals surface area contributed by atoms with Gasteiger partial charge in [0.05, 0.1) is 11.3 Å². The summed E-state index contributed by atoms with van der Waals surface area (Å²) in [6, 6.07) is 2.21. The summed E-state index contributed by atoms with van der Waals surface area (Å²) in [6.07, 6.45) is 7.52. The normalized spacial score (nSPS) is 22.9. The monoisotopic (exact) mass is 275 g/mol. The van der Waals surface area contributed by atoms with Crippen molar-refractivity contribution < 1.29 is 4.79 Å². The van der Waals surface area contributed by atoms with Crippen molar-refractivity contribution in [2.45, 2.75) is 52.0 Å². The summed E-state index contributed by atoms with van der Waals surface area (Å²) in [5.74, 6) is 0.771. The fourth-order valence-electron chi connectivity index (χ4n) is 2.84. The van der Waals surface area contributed by atoms with E-state index < -0.39 is 0 Å². The molecule has 1 heterocycles. The van der Waals surface area contributed by atoms with Crippen LogP contribution in [0.3, 0.4) is 0 Å². The lowest BCUT2D eigenvalue weighted by Crippen LogP contribution is -2.34. The minimum atomic E-state index is -0.0126. The van der Waals surface area contributed by atoms with Gasteiger partial charge in [-0.05, 0) is 38.2 Å². The number of hydrogen-bond donors (Lipinski definition) is 2. The highest BCUT2D eigenvalue weighted by Gasteiger charge is 2.20. The molecule has 1 aromatic rings. The molecule has 0 spiro atoms. The highest BCUT2D eigenvalue weighted by Crippen LogP contribution is 2.23. The zero-order valence-electron chi connectivity index (χ0n) is 12.7. The quantitative estimate of drug-likeness (QED) is 0.833. The van der Waals surface area contributed by atoms with Crippen molar-refractivity contribution in [3.8, 4) is 0 Å². The molecule has 0 aliphatic heterocycles. The first-order chi connectivity index (χ1) is 9.60. The van der Waals surface area contributed by atoms with Crippen LogP contribution < -0.4 is 10.6 Å². The molecule has 2 N–H and O–H groups in total. The molecule has 1 aliphatic carbocycles. The maximum absolute atomic E-state index is 12.4. The van der Waals surface area contributed by atoms with Gasteiger partial charge >= 0.3 is 0 Å². The zero-order chi connectivity index (χ0) is 14.5. The number of aromatic nitrogens is 1. The minimum Gasteiger partial charge on any atom is -0.387 e. The Balaban J connectivity index is 2.04. The molecule has 0 aromatic carbocycles. The smallest absolute Gasteiger partial charge is 0.255 e. The summed E-state index contributed by atoms with van der Waals surface area (Å²) in [7, 11) is 1.83. The molecule has 1 saturated carbocycles. The fourth-order valence-corrected chi connectivity index (χ4v) is 2.84. The van der Waals surface area contributed by atoms with Crippen molar-refractivity contribution in [3.63, 3.8) is 0 Å². The van der Waals surface area contributed by atoms with Crippen LogP contribution in [0.4, 0.5) is 5.69 Å². The molecule has 1 fully saturated rings. The van der Waals surface area contributed by atoms with E-state index in [1.807, 2.05) is 20.0 Å². The van der Waals surface area contributed by atoms with Gasteiger partial charge in [0.1, 0.15) is 0 Å². The Bertz CT molecular complexity index is 473. The number of carbonyl (C=O) groups is 1. The Hall–Kier alpha value is -1.58. The van der Waals surface area contributed by atoms with Crippen molar-refractivity contribution in [3.05, 3.63) is 23.5 Å². The first-order valence-electron chi connectivity index (χ1n) is 7.55. The van der Waals surface area contributed by atoms with Gasteiger partial charge in [-0.1, -0.05) is 19.8 Å². The van der Waals surface area contributed by atoms with E-state index in [0.717, 1.165) is 30.1 Å². The third kappa shape index (κ3) is 3.71. The predicted molar refractivity (Wildman–Crippen MR) is 82.0 cm³/mol. The van der Waals surface area contributed by atoms with Crippen molar-refractivity contribution in [2.75, 3.05) is 12.4 Å². The summed E-state index contributed by atoms with van der Waals surface area (Å²) >= 11 is 0. The maximum Gasteiger partial charge on any atom is 0.255 e. The second kappa shape index (κ2) is 6.73. The van der Waals surface area contributed by atoms with Crippen LogP contribution in [0.25, 0.3) is 0 Å². The molecule has 0 radical (unpaired) electrons. The van der Waals surface area contributed by atoms with Crippen LogP contribution in [0.2, 0.25) is 0 Å². The molecule has 1 aromatic heterocycles. The lowest BCUT2D eigenvalue weighted by atomic mass is 10.0. The van der Waals surface area contributed by atoms with E-state index in [0.29, 0.717) is 11.6 Å². The molecule has 1 aliphatic rings. The number of anilines is 1. The van der Waals surface area contributed by atoms with Crippen molar-refractivity contribution in [2.24, 2.45) is 5.92 Å². The van der Waals surface area contributed by atoms with Crippen LogP contribution in [0.5, 0.6) is 0 Å². The van der Waals surface area contributed by atoms with Crippen molar-refractivity contribution in [1.29, 1.82) is 0 Å². The average Bonchev–Trinajstić information content (AvgIpc) is 2.63. The summed E-state index contributed by atoms with van der Waals surface area (Å²) in [5, 5.41) is 6.24. The lowest BCUT2D eigenvalue weighted by molar-refractivity contribution is 0.0933. The number of hydrogen-bond acceptors (Lipinski definition) is 3. The fraction of sp³-hybridized carbons (Fsp3) is 0.625. The molecule has 0 bridgehead atoms. The van der Waals surface area contributed by atoms with E-state index in [1.54, 1.807) is 6.20 Å². The topological polar surface area (TPSA) is 54.0 Å². The second-order valence-electron chi connectivity index (χ2n) is 5.91. The molecule has 2 rings (SSSR count). The molecule has 4 heteroatoms. The van der Waals surface area contributed by atoms with Gasteiger partial charge in [0.2, 0.25) is 0 Å². The van der Waals surface area contributed by atoms with Gasteiger partial charge in [0.25, 0.3) is 5.91 Å². The summed E-state index contributed by atoms with van der Waals surface area (Å²) in [6.45, 7) is 4.22. The van der Waals surface area contributed by atoms with Crippen LogP contribution in [0, 0.1) is 12.8 Å². The second-order valence-corrected chi connectivity index (χ2v) is 5.91. The Morgan fingerprint density at radius 2 is 2.10 bits per heavy atom. The molecule has 2 atom stereocenters. The SMILES string of the molecule is CNc1cc(C)ncc1C(=O)NC1CCCC(C)CC1. The van der Waals surface area contributed by atoms with E-state index in [4.69, 9.17) is 0 Å². The van der Waals surface area contributed by atoms with E-state index >= 15 is 0 Å². The van der Waals surface area contributed by atoms with Crippen LogP contribution in [0.15, 0.2) is 12.3 Å². The number of nitrogens with one attached hydrogen (secondary N) is 2. The highest BCUT2D eigenvalue weighted by molar-refractivity contribution is 5.99. The molecule has 2 unspecified atom stereocenters. The number of amides is 1. The Labute approximate surface area is 121 Å². The molecule has 4 nitrogen and oxygen atoms in total. The molecular formula is C16H25N3O. The van der Waals surface area contributed by atoms with Gasteiger partial charge in [0, 0.05) is 25.0 Å². The summed E-state index contributed by atoms with van der Waals surface area (Å²) < 4.78 is 0. The van der Waals surface area contributed by atoms with Crippen LogP contribution in [0.1, 0.15) is 55.1 Å². The van der Waals surface area contributed by atoms with Gasteiger partial charge in [-0.3, -0.25) is 9.78 Å². The van der Waals surface area contributed by atoms with Gasteiger partial charge < -0.3 is 10.6 Å². The number of nitrogens with zero attached hydrogens (tertiary/aromatic N) is 1. The average molecular weight is 275 g/mol. The first kappa shape index (κ1) is 14.8. The third-order valence-corrected chi connectivity index (χ3v) is 4.15. The van der Waals surface area contributed by atoms with Crippen LogP contribution in [-0.4, -0.2) is 24.0 Å². The predicted octanol–water partition coefficient (Wildman–Crippen LogP) is 3.13. The molecule has 20 heavy (non-hydrogen) atoms. The molecular weight excluding hydrogens is 250 g/mol. The molecule has 1 amide bonds. The van der Waals surface area contributed by atoms with E-state index in [2.05, 4.69) is 22.5 Å². The number of pyridine rings is 1. The van der Waals surface area contributed by atoms with Crippen LogP contribution >= 0.6 is 0 Å². The molecule has 0 saturated heterocycles. The van der Waals surface area contributed by atoms with E-state index in [1.165, 1.54) is 19.3 Å². The van der Waals surface area contributed by atoms with Crippen molar-refractivity contribution in [1.82, 2.24) is 10.3 Å². The van der Waals surface area contributed by atoms with E-state index in [-0.39, 0.29) is 5.91 Å². The lowest BCUT2D eigenvalue weighted by Gasteiger charge is -2.17. The summed E-state index contributed by atoms with van der Waals surface area (Å²) in [5.41, 5.74) is 2.39. The number of aryl methyl sites for hydroxylation is 1. The summed E-state index contributed by atoms with van der Waals surface area (Å²) in [4.78, 5) is 16.6.